The van der Waals surface area contributed by atoms with Gasteiger partial charge in [0.1, 0.15) is 11.6 Å². The van der Waals surface area contributed by atoms with Crippen molar-refractivity contribution in [1.82, 2.24) is 25.0 Å². The Bertz CT molecular complexity index is 711. The molecule has 0 radical (unpaired) electrons. The summed E-state index contributed by atoms with van der Waals surface area (Å²) in [6.45, 7) is 10.9. The molecule has 26 heavy (non-hydrogen) atoms. The smallest absolute Gasteiger partial charge is 0.147 e. The molecule has 0 amide bonds. The van der Waals surface area contributed by atoms with Crippen molar-refractivity contribution in [2.75, 3.05) is 26.2 Å². The number of rotatable bonds is 5. The first-order chi connectivity index (χ1) is 12.7. The highest BCUT2D eigenvalue weighted by Crippen LogP contribution is 2.28. The Morgan fingerprint density at radius 3 is 2.58 bits per heavy atom. The predicted octanol–water partition coefficient (Wildman–Crippen LogP) is 2.93. The van der Waals surface area contributed by atoms with Gasteiger partial charge in [-0.15, -0.1) is 10.2 Å². The van der Waals surface area contributed by atoms with Crippen LogP contribution in [0.2, 0.25) is 0 Å². The molecule has 0 spiro atoms. The Hall–Kier alpha value is -1.72. The second-order valence-electron chi connectivity index (χ2n) is 8.07. The van der Waals surface area contributed by atoms with E-state index in [2.05, 4.69) is 63.1 Å². The van der Waals surface area contributed by atoms with Gasteiger partial charge in [-0.2, -0.15) is 0 Å². The Morgan fingerprint density at radius 1 is 1.08 bits per heavy atom. The van der Waals surface area contributed by atoms with E-state index in [0.29, 0.717) is 11.8 Å². The van der Waals surface area contributed by atoms with Gasteiger partial charge in [-0.1, -0.05) is 38.1 Å². The average Bonchev–Trinajstić information content (AvgIpc) is 3.11. The van der Waals surface area contributed by atoms with Crippen LogP contribution in [0.5, 0.6) is 0 Å². The van der Waals surface area contributed by atoms with Gasteiger partial charge in [0.25, 0.3) is 0 Å². The molecule has 2 aliphatic rings. The molecule has 0 atom stereocenters. The van der Waals surface area contributed by atoms with Gasteiger partial charge in [-0.25, -0.2) is 0 Å². The standard InChI is InChI=1S/C21H31N5/c1-16(2)18-5-3-17(4-6-18)7-11-25-12-8-19(9-13-25)21-24-23-20-15-22-10-14-26(20)21/h3-6,16,19,22H,7-15H2,1-2H3. The maximum Gasteiger partial charge on any atom is 0.147 e. The molecule has 1 N–H and O–H groups in total. The summed E-state index contributed by atoms with van der Waals surface area (Å²) in [5.74, 6) is 3.53. The lowest BCUT2D eigenvalue weighted by Crippen LogP contribution is -2.36. The zero-order valence-electron chi connectivity index (χ0n) is 16.1. The van der Waals surface area contributed by atoms with Crippen molar-refractivity contribution in [3.63, 3.8) is 0 Å². The second kappa shape index (κ2) is 7.89. The molecule has 3 heterocycles. The molecule has 4 rings (SSSR count). The van der Waals surface area contributed by atoms with E-state index in [4.69, 9.17) is 0 Å². The molecule has 2 aliphatic heterocycles. The quantitative estimate of drug-likeness (QED) is 0.898. The van der Waals surface area contributed by atoms with Gasteiger partial charge < -0.3 is 14.8 Å². The number of hydrogen-bond acceptors (Lipinski definition) is 4. The average molecular weight is 354 g/mol. The first-order valence-electron chi connectivity index (χ1n) is 10.1. The van der Waals surface area contributed by atoms with Crippen LogP contribution in [-0.2, 0) is 19.5 Å². The number of benzene rings is 1. The fourth-order valence-electron chi connectivity index (χ4n) is 4.19. The third kappa shape index (κ3) is 3.84. The van der Waals surface area contributed by atoms with Crippen LogP contribution < -0.4 is 5.32 Å². The minimum absolute atomic E-state index is 0.580. The summed E-state index contributed by atoms with van der Waals surface area (Å²) in [6, 6.07) is 9.18. The lowest BCUT2D eigenvalue weighted by atomic mass is 9.95. The summed E-state index contributed by atoms with van der Waals surface area (Å²) < 4.78 is 2.35. The van der Waals surface area contributed by atoms with Gasteiger partial charge in [-0.05, 0) is 49.4 Å². The first kappa shape index (κ1) is 17.7. The number of nitrogens with one attached hydrogen (secondary N) is 1. The van der Waals surface area contributed by atoms with Crippen molar-refractivity contribution in [3.8, 4) is 0 Å². The molecule has 5 nitrogen and oxygen atoms in total. The van der Waals surface area contributed by atoms with Crippen LogP contribution in [0.3, 0.4) is 0 Å². The number of likely N-dealkylation sites (tertiary alicyclic amines) is 1. The Labute approximate surface area is 156 Å². The first-order valence-corrected chi connectivity index (χ1v) is 10.1. The summed E-state index contributed by atoms with van der Waals surface area (Å²) in [5.41, 5.74) is 2.89. The molecule has 1 fully saturated rings. The molecule has 0 aliphatic carbocycles. The number of nitrogens with zero attached hydrogens (tertiary/aromatic N) is 4. The van der Waals surface area contributed by atoms with Gasteiger partial charge >= 0.3 is 0 Å². The Morgan fingerprint density at radius 2 is 1.85 bits per heavy atom. The summed E-state index contributed by atoms with van der Waals surface area (Å²) in [6.07, 6.45) is 3.56. The normalized spacial score (nSPS) is 19.0. The van der Waals surface area contributed by atoms with Crippen molar-refractivity contribution in [3.05, 3.63) is 47.0 Å². The van der Waals surface area contributed by atoms with Gasteiger partial charge in [0, 0.05) is 25.6 Å². The van der Waals surface area contributed by atoms with Crippen molar-refractivity contribution >= 4 is 0 Å². The highest BCUT2D eigenvalue weighted by molar-refractivity contribution is 5.24. The van der Waals surface area contributed by atoms with Crippen LogP contribution in [0.1, 0.15) is 61.3 Å². The topological polar surface area (TPSA) is 46.0 Å². The molecule has 2 aromatic rings. The third-order valence-electron chi connectivity index (χ3n) is 5.97. The van der Waals surface area contributed by atoms with E-state index in [-0.39, 0.29) is 0 Å². The van der Waals surface area contributed by atoms with E-state index >= 15 is 0 Å². The van der Waals surface area contributed by atoms with Crippen LogP contribution in [-0.4, -0.2) is 45.8 Å². The molecule has 1 saturated heterocycles. The van der Waals surface area contributed by atoms with Crippen LogP contribution in [0.15, 0.2) is 24.3 Å². The van der Waals surface area contributed by atoms with Crippen LogP contribution in [0.25, 0.3) is 0 Å². The van der Waals surface area contributed by atoms with E-state index in [9.17, 15) is 0 Å². The number of aromatic nitrogens is 3. The Kier molecular flexibility index (Phi) is 5.36. The molecule has 140 valence electrons. The van der Waals surface area contributed by atoms with E-state index < -0.39 is 0 Å². The largest absolute Gasteiger partial charge is 0.312 e. The second-order valence-corrected chi connectivity index (χ2v) is 8.07. The fraction of sp³-hybridized carbons (Fsp3) is 0.619. The van der Waals surface area contributed by atoms with E-state index in [0.717, 1.165) is 38.4 Å². The van der Waals surface area contributed by atoms with Crippen molar-refractivity contribution < 1.29 is 0 Å². The zero-order chi connectivity index (χ0) is 17.9. The van der Waals surface area contributed by atoms with E-state index in [1.807, 2.05) is 0 Å². The summed E-state index contributed by atoms with van der Waals surface area (Å²) in [4.78, 5) is 2.61. The number of hydrogen-bond donors (Lipinski definition) is 1. The van der Waals surface area contributed by atoms with Crippen LogP contribution >= 0.6 is 0 Å². The van der Waals surface area contributed by atoms with Gasteiger partial charge in [-0.3, -0.25) is 0 Å². The summed E-state index contributed by atoms with van der Waals surface area (Å²) in [7, 11) is 0. The molecule has 5 heteroatoms. The van der Waals surface area contributed by atoms with Gasteiger partial charge in [0.05, 0.1) is 6.54 Å². The fourth-order valence-corrected chi connectivity index (χ4v) is 4.19. The molecule has 0 bridgehead atoms. The maximum absolute atomic E-state index is 4.52. The summed E-state index contributed by atoms with van der Waals surface area (Å²) in [5, 5.41) is 12.3. The Balaban J connectivity index is 1.28. The third-order valence-corrected chi connectivity index (χ3v) is 5.97. The predicted molar refractivity (Wildman–Crippen MR) is 104 cm³/mol. The lowest BCUT2D eigenvalue weighted by molar-refractivity contribution is 0.209. The molecule has 1 aromatic heterocycles. The monoisotopic (exact) mass is 353 g/mol. The van der Waals surface area contributed by atoms with Crippen molar-refractivity contribution in [2.24, 2.45) is 0 Å². The highest BCUT2D eigenvalue weighted by Gasteiger charge is 2.26. The molecular weight excluding hydrogens is 322 g/mol. The van der Waals surface area contributed by atoms with Gasteiger partial charge in [0.15, 0.2) is 0 Å². The number of fused-ring (bicyclic) bond motifs is 1. The van der Waals surface area contributed by atoms with Gasteiger partial charge in [0.2, 0.25) is 0 Å². The van der Waals surface area contributed by atoms with E-state index in [1.54, 1.807) is 0 Å². The minimum atomic E-state index is 0.580. The highest BCUT2D eigenvalue weighted by atomic mass is 15.3. The number of piperidine rings is 1. The SMILES string of the molecule is CC(C)c1ccc(CCN2CCC(c3nnc4n3CCNC4)CC2)cc1. The zero-order valence-corrected chi connectivity index (χ0v) is 16.1. The minimum Gasteiger partial charge on any atom is -0.312 e. The molecule has 0 saturated carbocycles. The van der Waals surface area contributed by atoms with Crippen LogP contribution in [0, 0.1) is 0 Å². The van der Waals surface area contributed by atoms with Crippen molar-refractivity contribution in [2.45, 2.75) is 58.0 Å². The van der Waals surface area contributed by atoms with Crippen LogP contribution in [0.4, 0.5) is 0 Å². The molecule has 1 aromatic carbocycles. The molecule has 0 unspecified atom stereocenters. The maximum atomic E-state index is 4.52. The van der Waals surface area contributed by atoms with E-state index in [1.165, 1.54) is 42.9 Å². The molecular formula is C21H31N5. The summed E-state index contributed by atoms with van der Waals surface area (Å²) >= 11 is 0. The van der Waals surface area contributed by atoms with Crippen molar-refractivity contribution in [1.29, 1.82) is 0 Å². The lowest BCUT2D eigenvalue weighted by Gasteiger charge is -2.32.